The first-order valence-corrected chi connectivity index (χ1v) is 11.9. The van der Waals surface area contributed by atoms with Crippen molar-refractivity contribution in [3.63, 3.8) is 0 Å². The average Bonchev–Trinajstić information content (AvgIpc) is 3.54. The summed E-state index contributed by atoms with van der Waals surface area (Å²) in [4.78, 5) is 4.87. The van der Waals surface area contributed by atoms with Crippen LogP contribution in [0.1, 0.15) is 30.3 Å². The number of piperazine rings is 1. The van der Waals surface area contributed by atoms with Crippen LogP contribution in [0.5, 0.6) is 5.75 Å². The number of tetrazole rings is 1. The van der Waals surface area contributed by atoms with Crippen molar-refractivity contribution in [2.45, 2.75) is 31.5 Å². The van der Waals surface area contributed by atoms with Gasteiger partial charge in [0.1, 0.15) is 5.75 Å². The van der Waals surface area contributed by atoms with Crippen LogP contribution in [0.15, 0.2) is 48.5 Å². The van der Waals surface area contributed by atoms with Gasteiger partial charge in [0.05, 0.1) is 25.8 Å². The minimum absolute atomic E-state index is 0.0447. The Morgan fingerprint density at radius 1 is 1.06 bits per heavy atom. The summed E-state index contributed by atoms with van der Waals surface area (Å²) in [6, 6.07) is 16.2. The van der Waals surface area contributed by atoms with E-state index >= 15 is 0 Å². The molecule has 5 rings (SSSR count). The van der Waals surface area contributed by atoms with Gasteiger partial charge in [0.2, 0.25) is 0 Å². The summed E-state index contributed by atoms with van der Waals surface area (Å²) in [5.41, 5.74) is 2.35. The third-order valence-electron chi connectivity index (χ3n) is 6.51. The number of methoxy groups -OCH3 is 1. The van der Waals surface area contributed by atoms with Gasteiger partial charge in [-0.05, 0) is 65.2 Å². The zero-order chi connectivity index (χ0) is 22.6. The second kappa shape index (κ2) is 10.1. The molecule has 1 aromatic heterocycles. The number of aromatic nitrogens is 4. The van der Waals surface area contributed by atoms with Gasteiger partial charge in [-0.3, -0.25) is 4.90 Å². The van der Waals surface area contributed by atoms with Crippen molar-refractivity contribution in [2.75, 3.05) is 44.8 Å². The van der Waals surface area contributed by atoms with Crippen molar-refractivity contribution in [1.29, 1.82) is 0 Å². The Morgan fingerprint density at radius 3 is 2.48 bits per heavy atom. The number of nitrogens with zero attached hydrogens (tertiary/aromatic N) is 6. The van der Waals surface area contributed by atoms with Crippen molar-refractivity contribution in [2.24, 2.45) is 0 Å². The number of halogens is 1. The fourth-order valence-corrected chi connectivity index (χ4v) is 4.84. The van der Waals surface area contributed by atoms with E-state index in [-0.39, 0.29) is 12.1 Å². The zero-order valence-corrected chi connectivity index (χ0v) is 19.6. The molecule has 0 saturated carbocycles. The molecule has 0 aliphatic carbocycles. The molecule has 0 bridgehead atoms. The predicted octanol–water partition coefficient (Wildman–Crippen LogP) is 3.43. The molecule has 33 heavy (non-hydrogen) atoms. The standard InChI is InChI=1S/C24H29ClN6O2/c1-32-21-10-8-20(9-11-21)29-12-14-30(15-13-29)23(18-4-6-19(25)7-5-18)24-26-27-28-31(24)17-22-3-2-16-33-22/h4-11,22-23H,2-3,12-17H2,1H3/t22-,23-/m0/s1. The highest BCUT2D eigenvalue weighted by Gasteiger charge is 2.31. The highest BCUT2D eigenvalue weighted by molar-refractivity contribution is 6.30. The lowest BCUT2D eigenvalue weighted by Gasteiger charge is -2.40. The topological polar surface area (TPSA) is 68.5 Å². The summed E-state index contributed by atoms with van der Waals surface area (Å²) >= 11 is 6.19. The molecule has 9 heteroatoms. The van der Waals surface area contributed by atoms with E-state index in [0.29, 0.717) is 6.54 Å². The lowest BCUT2D eigenvalue weighted by atomic mass is 10.0. The third-order valence-corrected chi connectivity index (χ3v) is 6.76. The van der Waals surface area contributed by atoms with E-state index in [1.165, 1.54) is 5.69 Å². The first-order chi connectivity index (χ1) is 16.2. The van der Waals surface area contributed by atoms with Gasteiger partial charge in [0.15, 0.2) is 5.82 Å². The summed E-state index contributed by atoms with van der Waals surface area (Å²) in [5, 5.41) is 13.5. The molecule has 3 heterocycles. The Labute approximate surface area is 199 Å². The van der Waals surface area contributed by atoms with Gasteiger partial charge < -0.3 is 14.4 Å². The third kappa shape index (κ3) is 4.98. The Kier molecular flexibility index (Phi) is 6.75. The summed E-state index contributed by atoms with van der Waals surface area (Å²) in [6.07, 6.45) is 2.31. The average molecular weight is 469 g/mol. The van der Waals surface area contributed by atoms with E-state index in [1.54, 1.807) is 7.11 Å². The van der Waals surface area contributed by atoms with E-state index in [0.717, 1.165) is 67.8 Å². The molecular formula is C24H29ClN6O2. The van der Waals surface area contributed by atoms with Gasteiger partial charge >= 0.3 is 0 Å². The number of anilines is 1. The van der Waals surface area contributed by atoms with Crippen LogP contribution in [0.3, 0.4) is 0 Å². The quantitative estimate of drug-likeness (QED) is 0.526. The summed E-state index contributed by atoms with van der Waals surface area (Å²) in [7, 11) is 1.69. The molecule has 0 unspecified atom stereocenters. The molecule has 2 fully saturated rings. The predicted molar refractivity (Wildman–Crippen MR) is 127 cm³/mol. The van der Waals surface area contributed by atoms with Crippen LogP contribution in [0.4, 0.5) is 5.69 Å². The monoisotopic (exact) mass is 468 g/mol. The maximum atomic E-state index is 6.19. The van der Waals surface area contributed by atoms with E-state index in [4.69, 9.17) is 21.1 Å². The van der Waals surface area contributed by atoms with E-state index in [2.05, 4.69) is 49.6 Å². The van der Waals surface area contributed by atoms with E-state index in [9.17, 15) is 0 Å². The molecule has 0 amide bonds. The summed E-state index contributed by atoms with van der Waals surface area (Å²) in [6.45, 7) is 5.12. The van der Waals surface area contributed by atoms with Gasteiger partial charge in [0.25, 0.3) is 0 Å². The summed E-state index contributed by atoms with van der Waals surface area (Å²) < 4.78 is 13.1. The van der Waals surface area contributed by atoms with Gasteiger partial charge in [-0.15, -0.1) is 5.10 Å². The Balaban J connectivity index is 1.37. The van der Waals surface area contributed by atoms with Crippen LogP contribution in [0, 0.1) is 0 Å². The van der Waals surface area contributed by atoms with Crippen LogP contribution in [0.25, 0.3) is 0 Å². The maximum Gasteiger partial charge on any atom is 0.173 e. The van der Waals surface area contributed by atoms with Crippen molar-refractivity contribution in [1.82, 2.24) is 25.1 Å². The molecule has 2 aliphatic heterocycles. The SMILES string of the molecule is COc1ccc(N2CCN([C@@H](c3ccc(Cl)cc3)c3nnnn3C[C@@H]3CCCO3)CC2)cc1. The number of rotatable bonds is 7. The number of benzene rings is 2. The van der Waals surface area contributed by atoms with Crippen LogP contribution in [-0.4, -0.2) is 71.1 Å². The molecule has 0 radical (unpaired) electrons. The Hall–Kier alpha value is -2.68. The fraction of sp³-hybridized carbons (Fsp3) is 0.458. The minimum atomic E-state index is -0.0447. The lowest BCUT2D eigenvalue weighted by molar-refractivity contribution is 0.0906. The van der Waals surface area contributed by atoms with Crippen LogP contribution in [-0.2, 0) is 11.3 Å². The molecule has 3 aromatic rings. The largest absolute Gasteiger partial charge is 0.497 e. The molecular weight excluding hydrogens is 440 g/mol. The van der Waals surface area contributed by atoms with Gasteiger partial charge in [-0.2, -0.15) is 0 Å². The van der Waals surface area contributed by atoms with Gasteiger partial charge in [-0.1, -0.05) is 23.7 Å². The van der Waals surface area contributed by atoms with Crippen molar-refractivity contribution >= 4 is 17.3 Å². The molecule has 8 nitrogen and oxygen atoms in total. The molecule has 2 atom stereocenters. The lowest BCUT2D eigenvalue weighted by Crippen LogP contribution is -2.48. The van der Waals surface area contributed by atoms with Crippen LogP contribution < -0.4 is 9.64 Å². The van der Waals surface area contributed by atoms with E-state index in [1.807, 2.05) is 28.9 Å². The maximum absolute atomic E-state index is 6.19. The molecule has 2 saturated heterocycles. The number of hydrogen-bond donors (Lipinski definition) is 0. The Morgan fingerprint density at radius 2 is 1.82 bits per heavy atom. The first-order valence-electron chi connectivity index (χ1n) is 11.5. The van der Waals surface area contributed by atoms with Crippen molar-refractivity contribution in [3.05, 3.63) is 64.9 Å². The second-order valence-electron chi connectivity index (χ2n) is 8.53. The highest BCUT2D eigenvalue weighted by atomic mass is 35.5. The van der Waals surface area contributed by atoms with Crippen molar-refractivity contribution < 1.29 is 9.47 Å². The number of ether oxygens (including phenoxy) is 2. The molecule has 2 aliphatic rings. The molecule has 0 spiro atoms. The summed E-state index contributed by atoms with van der Waals surface area (Å²) in [5.74, 6) is 1.73. The fourth-order valence-electron chi connectivity index (χ4n) is 4.72. The minimum Gasteiger partial charge on any atom is -0.497 e. The molecule has 0 N–H and O–H groups in total. The highest BCUT2D eigenvalue weighted by Crippen LogP contribution is 2.31. The van der Waals surface area contributed by atoms with Gasteiger partial charge in [-0.25, -0.2) is 4.68 Å². The second-order valence-corrected chi connectivity index (χ2v) is 8.97. The smallest absolute Gasteiger partial charge is 0.173 e. The Bertz CT molecular complexity index is 1030. The molecule has 2 aromatic carbocycles. The number of hydrogen-bond acceptors (Lipinski definition) is 7. The van der Waals surface area contributed by atoms with Crippen LogP contribution >= 0.6 is 11.6 Å². The first kappa shape index (κ1) is 22.1. The zero-order valence-electron chi connectivity index (χ0n) is 18.8. The van der Waals surface area contributed by atoms with Gasteiger partial charge in [0, 0.05) is 43.5 Å². The van der Waals surface area contributed by atoms with Crippen LogP contribution in [0.2, 0.25) is 5.02 Å². The van der Waals surface area contributed by atoms with E-state index < -0.39 is 0 Å². The normalized spacial score (nSPS) is 20.2. The molecule has 174 valence electrons. The van der Waals surface area contributed by atoms with Crippen molar-refractivity contribution in [3.8, 4) is 5.75 Å².